The minimum Gasteiger partial charge on any atom is -0.368 e. The van der Waals surface area contributed by atoms with Gasteiger partial charge in [0.1, 0.15) is 11.1 Å². The van der Waals surface area contributed by atoms with Crippen LogP contribution in [-0.2, 0) is 9.53 Å². The molecule has 1 fully saturated rings. The van der Waals surface area contributed by atoms with Crippen molar-refractivity contribution >= 4 is 33.1 Å². The first-order chi connectivity index (χ1) is 11.3. The summed E-state index contributed by atoms with van der Waals surface area (Å²) in [6.07, 6.45) is 1.45. The fourth-order valence-electron chi connectivity index (χ4n) is 2.70. The molecule has 0 radical (unpaired) electrons. The quantitative estimate of drug-likeness (QED) is 0.790. The normalized spacial score (nSPS) is 17.5. The number of rotatable bonds is 3. The van der Waals surface area contributed by atoms with Crippen molar-refractivity contribution in [3.63, 3.8) is 0 Å². The molecule has 0 bridgehead atoms. The van der Waals surface area contributed by atoms with Gasteiger partial charge in [-0.05, 0) is 49.2 Å². The highest BCUT2D eigenvalue weighted by atomic mass is 32.1. The van der Waals surface area contributed by atoms with Crippen molar-refractivity contribution in [3.05, 3.63) is 48.5 Å². The summed E-state index contributed by atoms with van der Waals surface area (Å²) in [5.74, 6) is -0.0600. The number of thiazole rings is 1. The molecule has 1 atom stereocenters. The number of aromatic nitrogens is 1. The summed E-state index contributed by atoms with van der Waals surface area (Å²) in [7, 11) is 0. The largest absolute Gasteiger partial charge is 0.368 e. The summed E-state index contributed by atoms with van der Waals surface area (Å²) in [5, 5.41) is 3.90. The summed E-state index contributed by atoms with van der Waals surface area (Å²) >= 11 is 1.67. The maximum absolute atomic E-state index is 12.0. The molecule has 1 aliphatic heterocycles. The lowest BCUT2D eigenvalue weighted by molar-refractivity contribution is -0.124. The second-order valence-electron chi connectivity index (χ2n) is 5.56. The molecule has 4 nitrogen and oxygen atoms in total. The van der Waals surface area contributed by atoms with Crippen molar-refractivity contribution in [3.8, 4) is 10.6 Å². The Morgan fingerprint density at radius 3 is 2.74 bits per heavy atom. The van der Waals surface area contributed by atoms with Crippen LogP contribution in [0.15, 0.2) is 48.5 Å². The molecule has 0 unspecified atom stereocenters. The van der Waals surface area contributed by atoms with Crippen LogP contribution >= 0.6 is 11.3 Å². The summed E-state index contributed by atoms with van der Waals surface area (Å²) in [6.45, 7) is 0.675. The molecule has 1 saturated heterocycles. The van der Waals surface area contributed by atoms with E-state index in [2.05, 4.69) is 16.4 Å². The minimum atomic E-state index is -0.307. The first-order valence-corrected chi connectivity index (χ1v) is 8.50. The van der Waals surface area contributed by atoms with Crippen molar-refractivity contribution in [2.24, 2.45) is 0 Å². The highest BCUT2D eigenvalue weighted by Gasteiger charge is 2.23. The second-order valence-corrected chi connectivity index (χ2v) is 6.59. The van der Waals surface area contributed by atoms with Crippen LogP contribution in [0.1, 0.15) is 12.8 Å². The number of benzene rings is 2. The summed E-state index contributed by atoms with van der Waals surface area (Å²) in [4.78, 5) is 16.7. The van der Waals surface area contributed by atoms with Gasteiger partial charge in [-0.2, -0.15) is 0 Å². The number of hydrogen-bond acceptors (Lipinski definition) is 4. The fraction of sp³-hybridized carbons (Fsp3) is 0.222. The monoisotopic (exact) mass is 324 g/mol. The van der Waals surface area contributed by atoms with Crippen LogP contribution in [0.4, 0.5) is 5.69 Å². The Balaban J connectivity index is 1.52. The number of hydrogen-bond donors (Lipinski definition) is 1. The van der Waals surface area contributed by atoms with Gasteiger partial charge in [-0.1, -0.05) is 12.1 Å². The lowest BCUT2D eigenvalue weighted by atomic mass is 10.2. The van der Waals surface area contributed by atoms with Crippen molar-refractivity contribution in [1.29, 1.82) is 0 Å². The summed E-state index contributed by atoms with van der Waals surface area (Å²) in [6, 6.07) is 15.9. The maximum Gasteiger partial charge on any atom is 0.253 e. The Kier molecular flexibility index (Phi) is 3.81. The van der Waals surface area contributed by atoms with Crippen LogP contribution in [0.5, 0.6) is 0 Å². The van der Waals surface area contributed by atoms with E-state index in [1.165, 1.54) is 4.70 Å². The van der Waals surface area contributed by atoms with E-state index in [0.717, 1.165) is 34.6 Å². The summed E-state index contributed by atoms with van der Waals surface area (Å²) < 4.78 is 6.57. The molecule has 0 spiro atoms. The predicted octanol–water partition coefficient (Wildman–Crippen LogP) is 4.08. The van der Waals surface area contributed by atoms with Crippen molar-refractivity contribution in [2.45, 2.75) is 18.9 Å². The maximum atomic E-state index is 12.0. The smallest absolute Gasteiger partial charge is 0.253 e. The van der Waals surface area contributed by atoms with Gasteiger partial charge in [-0.3, -0.25) is 4.79 Å². The van der Waals surface area contributed by atoms with Gasteiger partial charge in [0.25, 0.3) is 5.91 Å². The second kappa shape index (κ2) is 6.10. The third-order valence-electron chi connectivity index (χ3n) is 3.92. The number of fused-ring (bicyclic) bond motifs is 1. The van der Waals surface area contributed by atoms with Crippen LogP contribution in [0.25, 0.3) is 20.8 Å². The molecular weight excluding hydrogens is 308 g/mol. The van der Waals surface area contributed by atoms with E-state index in [1.54, 1.807) is 11.3 Å². The van der Waals surface area contributed by atoms with E-state index in [1.807, 2.05) is 42.5 Å². The van der Waals surface area contributed by atoms with Gasteiger partial charge < -0.3 is 10.1 Å². The molecular formula is C18H16N2O2S. The molecule has 2 aromatic carbocycles. The topological polar surface area (TPSA) is 51.2 Å². The number of para-hydroxylation sites is 1. The average Bonchev–Trinajstić information content (AvgIpc) is 3.25. The van der Waals surface area contributed by atoms with E-state index in [4.69, 9.17) is 4.74 Å². The highest BCUT2D eigenvalue weighted by Crippen LogP contribution is 2.30. The number of nitrogens with zero attached hydrogens (tertiary/aromatic N) is 1. The first-order valence-electron chi connectivity index (χ1n) is 7.68. The molecule has 2 heterocycles. The number of amides is 1. The third kappa shape index (κ3) is 2.98. The standard InChI is InChI=1S/C18H16N2O2S/c21-17(15-5-3-11-22-15)19-13-9-7-12(8-10-13)18-20-14-4-1-2-6-16(14)23-18/h1-2,4,6-10,15H,3,5,11H2,(H,19,21)/t15-/m0/s1. The van der Waals surface area contributed by atoms with Crippen molar-refractivity contribution in [2.75, 3.05) is 11.9 Å². The van der Waals surface area contributed by atoms with Crippen LogP contribution in [0.2, 0.25) is 0 Å². The Labute approximate surface area is 138 Å². The summed E-state index contributed by atoms with van der Waals surface area (Å²) in [5.41, 5.74) is 2.86. The average molecular weight is 324 g/mol. The van der Waals surface area contributed by atoms with Gasteiger partial charge in [-0.25, -0.2) is 4.98 Å². The zero-order valence-corrected chi connectivity index (χ0v) is 13.3. The van der Waals surface area contributed by atoms with E-state index in [9.17, 15) is 4.79 Å². The Bertz CT molecular complexity index is 803. The van der Waals surface area contributed by atoms with E-state index in [-0.39, 0.29) is 12.0 Å². The van der Waals surface area contributed by atoms with E-state index >= 15 is 0 Å². The predicted molar refractivity (Wildman–Crippen MR) is 92.7 cm³/mol. The van der Waals surface area contributed by atoms with Crippen LogP contribution in [-0.4, -0.2) is 23.6 Å². The van der Waals surface area contributed by atoms with Crippen LogP contribution in [0.3, 0.4) is 0 Å². The van der Waals surface area contributed by atoms with Gasteiger partial charge >= 0.3 is 0 Å². The minimum absolute atomic E-state index is 0.0600. The highest BCUT2D eigenvalue weighted by molar-refractivity contribution is 7.21. The third-order valence-corrected chi connectivity index (χ3v) is 5.00. The van der Waals surface area contributed by atoms with Gasteiger partial charge in [0, 0.05) is 17.9 Å². The van der Waals surface area contributed by atoms with Crippen LogP contribution < -0.4 is 5.32 Å². The number of nitrogens with one attached hydrogen (secondary N) is 1. The lowest BCUT2D eigenvalue weighted by Crippen LogP contribution is -2.26. The van der Waals surface area contributed by atoms with Gasteiger partial charge in [0.15, 0.2) is 0 Å². The molecule has 1 amide bonds. The van der Waals surface area contributed by atoms with Crippen molar-refractivity contribution < 1.29 is 9.53 Å². The fourth-order valence-corrected chi connectivity index (χ4v) is 3.67. The molecule has 1 aromatic heterocycles. The SMILES string of the molecule is O=C(Nc1ccc(-c2nc3ccccc3s2)cc1)[C@@H]1CCCO1. The Hall–Kier alpha value is -2.24. The number of carbonyl (C=O) groups excluding carboxylic acids is 1. The molecule has 4 rings (SSSR count). The molecule has 0 aliphatic carbocycles. The zero-order chi connectivity index (χ0) is 15.6. The molecule has 3 aromatic rings. The zero-order valence-electron chi connectivity index (χ0n) is 12.5. The van der Waals surface area contributed by atoms with Crippen LogP contribution in [0, 0.1) is 0 Å². The van der Waals surface area contributed by atoms with Gasteiger partial charge in [-0.15, -0.1) is 11.3 Å². The van der Waals surface area contributed by atoms with Gasteiger partial charge in [0.2, 0.25) is 0 Å². The molecule has 5 heteroatoms. The molecule has 0 saturated carbocycles. The number of ether oxygens (including phenoxy) is 1. The lowest BCUT2D eigenvalue weighted by Gasteiger charge is -2.10. The molecule has 116 valence electrons. The van der Waals surface area contributed by atoms with E-state index in [0.29, 0.717) is 6.61 Å². The Morgan fingerprint density at radius 2 is 2.00 bits per heavy atom. The molecule has 23 heavy (non-hydrogen) atoms. The number of anilines is 1. The number of carbonyl (C=O) groups is 1. The van der Waals surface area contributed by atoms with Gasteiger partial charge in [0.05, 0.1) is 10.2 Å². The first kappa shape index (κ1) is 14.4. The molecule has 1 N–H and O–H groups in total. The van der Waals surface area contributed by atoms with E-state index < -0.39 is 0 Å². The van der Waals surface area contributed by atoms with Crippen molar-refractivity contribution in [1.82, 2.24) is 4.98 Å². The molecule has 1 aliphatic rings. The Morgan fingerprint density at radius 1 is 1.17 bits per heavy atom.